The molecule has 0 saturated carbocycles. The Balaban J connectivity index is 2.52. The first-order chi connectivity index (χ1) is 7.20. The van der Waals surface area contributed by atoms with Crippen LogP contribution in [0.25, 0.3) is 11.3 Å². The maximum Gasteiger partial charge on any atom is 0.197 e. The van der Waals surface area contributed by atoms with Gasteiger partial charge in [-0.1, -0.05) is 11.6 Å². The van der Waals surface area contributed by atoms with Gasteiger partial charge in [0.05, 0.1) is 19.0 Å². The van der Waals surface area contributed by atoms with Crippen LogP contribution >= 0.6 is 11.6 Å². The van der Waals surface area contributed by atoms with E-state index in [1.807, 2.05) is 6.07 Å². The van der Waals surface area contributed by atoms with E-state index in [9.17, 15) is 0 Å². The molecule has 1 heterocycles. The third-order valence-corrected chi connectivity index (χ3v) is 2.28. The van der Waals surface area contributed by atoms with Crippen molar-refractivity contribution in [2.24, 2.45) is 0 Å². The van der Waals surface area contributed by atoms with Gasteiger partial charge in [-0.3, -0.25) is 0 Å². The molecule has 0 fully saturated rings. The standard InChI is InChI=1S/C10H10ClN3O/c1-15-9-4-6(11)2-3-7(9)8-5-13-10(12)14-8/h2-5H,1H3,(H3,12,13,14). The van der Waals surface area contributed by atoms with E-state index in [2.05, 4.69) is 9.97 Å². The molecule has 0 spiro atoms. The SMILES string of the molecule is COc1cc(Cl)ccc1-c1cnc(N)[nH]1. The first-order valence-corrected chi connectivity index (χ1v) is 4.73. The lowest BCUT2D eigenvalue weighted by molar-refractivity contribution is 0.416. The highest BCUT2D eigenvalue weighted by atomic mass is 35.5. The normalized spacial score (nSPS) is 10.3. The predicted octanol–water partition coefficient (Wildman–Crippen LogP) is 2.32. The third kappa shape index (κ3) is 1.89. The predicted molar refractivity (Wildman–Crippen MR) is 60.0 cm³/mol. The Hall–Kier alpha value is -1.68. The summed E-state index contributed by atoms with van der Waals surface area (Å²) in [6.07, 6.45) is 1.65. The van der Waals surface area contributed by atoms with E-state index in [1.165, 1.54) is 0 Å². The first-order valence-electron chi connectivity index (χ1n) is 4.35. The average Bonchev–Trinajstić information content (AvgIpc) is 2.64. The minimum absolute atomic E-state index is 0.377. The van der Waals surface area contributed by atoms with E-state index in [-0.39, 0.29) is 0 Å². The highest BCUT2D eigenvalue weighted by molar-refractivity contribution is 6.30. The fourth-order valence-corrected chi connectivity index (χ4v) is 1.52. The highest BCUT2D eigenvalue weighted by Gasteiger charge is 2.08. The number of hydrogen-bond donors (Lipinski definition) is 2. The molecule has 0 atom stereocenters. The molecule has 1 aromatic heterocycles. The monoisotopic (exact) mass is 223 g/mol. The van der Waals surface area contributed by atoms with Crippen molar-refractivity contribution in [3.05, 3.63) is 29.4 Å². The number of aromatic nitrogens is 2. The Kier molecular flexibility index (Phi) is 2.51. The number of ether oxygens (including phenoxy) is 1. The average molecular weight is 224 g/mol. The zero-order chi connectivity index (χ0) is 10.8. The zero-order valence-corrected chi connectivity index (χ0v) is 8.88. The molecular formula is C10H10ClN3O. The summed E-state index contributed by atoms with van der Waals surface area (Å²) in [5.41, 5.74) is 7.19. The van der Waals surface area contributed by atoms with Crippen molar-refractivity contribution >= 4 is 17.5 Å². The number of methoxy groups -OCH3 is 1. The molecule has 0 aliphatic carbocycles. The Morgan fingerprint density at radius 3 is 2.87 bits per heavy atom. The number of halogens is 1. The van der Waals surface area contributed by atoms with E-state index in [1.54, 1.807) is 25.4 Å². The van der Waals surface area contributed by atoms with Gasteiger partial charge in [0.1, 0.15) is 5.75 Å². The molecule has 3 N–H and O–H groups in total. The van der Waals surface area contributed by atoms with Crippen LogP contribution in [0, 0.1) is 0 Å². The van der Waals surface area contributed by atoms with Crippen LogP contribution in [-0.4, -0.2) is 17.1 Å². The van der Waals surface area contributed by atoms with Crippen molar-refractivity contribution in [2.75, 3.05) is 12.8 Å². The maximum absolute atomic E-state index is 5.86. The van der Waals surface area contributed by atoms with Crippen LogP contribution in [0.15, 0.2) is 24.4 Å². The summed E-state index contributed by atoms with van der Waals surface area (Å²) in [4.78, 5) is 6.85. The van der Waals surface area contributed by atoms with Crippen molar-refractivity contribution in [1.29, 1.82) is 0 Å². The van der Waals surface area contributed by atoms with Gasteiger partial charge < -0.3 is 15.5 Å². The van der Waals surface area contributed by atoms with Gasteiger partial charge in [0.15, 0.2) is 5.95 Å². The van der Waals surface area contributed by atoms with Crippen LogP contribution in [0.1, 0.15) is 0 Å². The van der Waals surface area contributed by atoms with Crippen LogP contribution in [0.2, 0.25) is 5.02 Å². The lowest BCUT2D eigenvalue weighted by Gasteiger charge is -2.06. The maximum atomic E-state index is 5.86. The molecule has 0 amide bonds. The third-order valence-electron chi connectivity index (χ3n) is 2.05. The molecule has 15 heavy (non-hydrogen) atoms. The lowest BCUT2D eigenvalue weighted by atomic mass is 10.1. The van der Waals surface area contributed by atoms with Gasteiger partial charge in [-0.2, -0.15) is 0 Å². The highest BCUT2D eigenvalue weighted by Crippen LogP contribution is 2.31. The molecule has 2 rings (SSSR count). The second kappa shape index (κ2) is 3.82. The van der Waals surface area contributed by atoms with Crippen molar-refractivity contribution < 1.29 is 4.74 Å². The zero-order valence-electron chi connectivity index (χ0n) is 8.12. The van der Waals surface area contributed by atoms with Gasteiger partial charge in [-0.05, 0) is 18.2 Å². The fourth-order valence-electron chi connectivity index (χ4n) is 1.36. The topological polar surface area (TPSA) is 63.9 Å². The van der Waals surface area contributed by atoms with Crippen LogP contribution in [-0.2, 0) is 0 Å². The van der Waals surface area contributed by atoms with Crippen LogP contribution in [0.3, 0.4) is 0 Å². The summed E-state index contributed by atoms with van der Waals surface area (Å²) in [5.74, 6) is 1.06. The number of benzene rings is 1. The smallest absolute Gasteiger partial charge is 0.197 e. The van der Waals surface area contributed by atoms with E-state index >= 15 is 0 Å². The minimum Gasteiger partial charge on any atom is -0.496 e. The molecule has 5 heteroatoms. The summed E-state index contributed by atoms with van der Waals surface area (Å²) < 4.78 is 5.22. The number of rotatable bonds is 2. The van der Waals surface area contributed by atoms with E-state index in [4.69, 9.17) is 22.1 Å². The molecule has 0 radical (unpaired) electrons. The van der Waals surface area contributed by atoms with Gasteiger partial charge in [-0.25, -0.2) is 4.98 Å². The van der Waals surface area contributed by atoms with Crippen molar-refractivity contribution in [1.82, 2.24) is 9.97 Å². The molecule has 0 aliphatic heterocycles. The number of anilines is 1. The van der Waals surface area contributed by atoms with E-state index in [0.717, 1.165) is 11.3 Å². The Labute approximate surface area is 92.0 Å². The quantitative estimate of drug-likeness (QED) is 0.821. The number of imidazole rings is 1. The molecule has 4 nitrogen and oxygen atoms in total. The summed E-state index contributed by atoms with van der Waals surface area (Å²) in [6, 6.07) is 5.39. The number of H-pyrrole nitrogens is 1. The molecule has 1 aromatic carbocycles. The lowest BCUT2D eigenvalue weighted by Crippen LogP contribution is -1.89. The Bertz CT molecular complexity index is 481. The Morgan fingerprint density at radius 1 is 1.47 bits per heavy atom. The minimum atomic E-state index is 0.377. The van der Waals surface area contributed by atoms with E-state index < -0.39 is 0 Å². The second-order valence-electron chi connectivity index (χ2n) is 3.03. The summed E-state index contributed by atoms with van der Waals surface area (Å²) in [5, 5.41) is 0.628. The first kappa shape index (κ1) is 9.86. The number of nitrogens with one attached hydrogen (secondary N) is 1. The summed E-state index contributed by atoms with van der Waals surface area (Å²) in [6.45, 7) is 0. The number of hydrogen-bond acceptors (Lipinski definition) is 3. The van der Waals surface area contributed by atoms with Crippen LogP contribution in [0.4, 0.5) is 5.95 Å². The second-order valence-corrected chi connectivity index (χ2v) is 3.46. The van der Waals surface area contributed by atoms with Gasteiger partial charge in [0.25, 0.3) is 0 Å². The van der Waals surface area contributed by atoms with Crippen LogP contribution in [0.5, 0.6) is 5.75 Å². The van der Waals surface area contributed by atoms with Gasteiger partial charge in [0.2, 0.25) is 0 Å². The van der Waals surface area contributed by atoms with Gasteiger partial charge in [-0.15, -0.1) is 0 Å². The molecule has 78 valence electrons. The Morgan fingerprint density at radius 2 is 2.27 bits per heavy atom. The van der Waals surface area contributed by atoms with E-state index in [0.29, 0.717) is 16.7 Å². The summed E-state index contributed by atoms with van der Waals surface area (Å²) >= 11 is 5.86. The van der Waals surface area contributed by atoms with Crippen molar-refractivity contribution in [3.63, 3.8) is 0 Å². The molecular weight excluding hydrogens is 214 g/mol. The summed E-state index contributed by atoms with van der Waals surface area (Å²) in [7, 11) is 1.59. The molecule has 2 aromatic rings. The molecule has 0 bridgehead atoms. The number of nitrogens with two attached hydrogens (primary N) is 1. The van der Waals surface area contributed by atoms with Crippen LogP contribution < -0.4 is 10.5 Å². The molecule has 0 unspecified atom stereocenters. The number of nitrogen functional groups attached to an aromatic ring is 1. The number of aromatic amines is 1. The van der Waals surface area contributed by atoms with Crippen molar-refractivity contribution in [2.45, 2.75) is 0 Å². The largest absolute Gasteiger partial charge is 0.496 e. The molecule has 0 aliphatic rings. The van der Waals surface area contributed by atoms with Gasteiger partial charge >= 0.3 is 0 Å². The van der Waals surface area contributed by atoms with Crippen molar-refractivity contribution in [3.8, 4) is 17.0 Å². The fraction of sp³-hybridized carbons (Fsp3) is 0.100. The van der Waals surface area contributed by atoms with Gasteiger partial charge in [0, 0.05) is 10.6 Å². The molecule has 0 saturated heterocycles. The number of nitrogens with zero attached hydrogens (tertiary/aromatic N) is 1.